The Morgan fingerprint density at radius 1 is 1.29 bits per heavy atom. The molecular formula is C16H24N4O. The molecule has 0 radical (unpaired) electrons. The largest absolute Gasteiger partial charge is 0.376 e. The minimum Gasteiger partial charge on any atom is -0.376 e. The van der Waals surface area contributed by atoms with Gasteiger partial charge in [-0.2, -0.15) is 5.10 Å². The second-order valence-electron chi connectivity index (χ2n) is 5.80. The molecule has 0 spiro atoms. The summed E-state index contributed by atoms with van der Waals surface area (Å²) in [6.45, 7) is 3.51. The van der Waals surface area contributed by atoms with Gasteiger partial charge in [0, 0.05) is 18.9 Å². The Hall–Kier alpha value is -1.62. The maximum absolute atomic E-state index is 5.99. The van der Waals surface area contributed by atoms with E-state index in [9.17, 15) is 0 Å². The second kappa shape index (κ2) is 6.89. The van der Waals surface area contributed by atoms with Crippen LogP contribution in [0.15, 0.2) is 18.5 Å². The number of aryl methyl sites for hydroxylation is 1. The molecule has 21 heavy (non-hydrogen) atoms. The lowest BCUT2D eigenvalue weighted by Crippen LogP contribution is -2.18. The molecule has 1 fully saturated rings. The Morgan fingerprint density at radius 3 is 2.90 bits per heavy atom. The average molecular weight is 288 g/mol. The molecular weight excluding hydrogens is 264 g/mol. The normalized spacial score (nSPS) is 17.0. The van der Waals surface area contributed by atoms with E-state index in [4.69, 9.17) is 4.74 Å². The number of nitrogens with zero attached hydrogens (tertiary/aromatic N) is 3. The highest BCUT2D eigenvalue weighted by atomic mass is 16.5. The molecule has 2 heterocycles. The van der Waals surface area contributed by atoms with E-state index >= 15 is 0 Å². The van der Waals surface area contributed by atoms with Crippen molar-refractivity contribution in [3.8, 4) is 0 Å². The van der Waals surface area contributed by atoms with E-state index in [0.717, 1.165) is 30.2 Å². The summed E-state index contributed by atoms with van der Waals surface area (Å²) in [6, 6.07) is 2.04. The highest BCUT2D eigenvalue weighted by molar-refractivity contribution is 5.67. The predicted octanol–water partition coefficient (Wildman–Crippen LogP) is 3.19. The SMILES string of the molecule is Cc1cc2c(NCCOC3CCCCCC3)nccn2n1. The highest BCUT2D eigenvalue weighted by Gasteiger charge is 2.12. The van der Waals surface area contributed by atoms with Crippen LogP contribution in [-0.2, 0) is 4.74 Å². The van der Waals surface area contributed by atoms with Crippen molar-refractivity contribution in [2.75, 3.05) is 18.5 Å². The van der Waals surface area contributed by atoms with Gasteiger partial charge in [0.15, 0.2) is 5.82 Å². The number of anilines is 1. The van der Waals surface area contributed by atoms with Crippen LogP contribution in [-0.4, -0.2) is 33.9 Å². The van der Waals surface area contributed by atoms with Gasteiger partial charge in [0.25, 0.3) is 0 Å². The third-order valence-electron chi connectivity index (χ3n) is 4.06. The molecule has 1 saturated carbocycles. The van der Waals surface area contributed by atoms with Crippen LogP contribution >= 0.6 is 0 Å². The molecule has 114 valence electrons. The molecule has 0 atom stereocenters. The smallest absolute Gasteiger partial charge is 0.152 e. The Morgan fingerprint density at radius 2 is 2.10 bits per heavy atom. The van der Waals surface area contributed by atoms with Crippen LogP contribution in [0.3, 0.4) is 0 Å². The van der Waals surface area contributed by atoms with Crippen LogP contribution in [0, 0.1) is 6.92 Å². The van der Waals surface area contributed by atoms with E-state index < -0.39 is 0 Å². The second-order valence-corrected chi connectivity index (χ2v) is 5.80. The van der Waals surface area contributed by atoms with Gasteiger partial charge >= 0.3 is 0 Å². The van der Waals surface area contributed by atoms with E-state index in [-0.39, 0.29) is 0 Å². The molecule has 1 N–H and O–H groups in total. The van der Waals surface area contributed by atoms with E-state index in [1.165, 1.54) is 38.5 Å². The molecule has 0 unspecified atom stereocenters. The minimum absolute atomic E-state index is 0.454. The molecule has 0 saturated heterocycles. The lowest BCUT2D eigenvalue weighted by Gasteiger charge is -2.15. The first-order valence-corrected chi connectivity index (χ1v) is 7.99. The van der Waals surface area contributed by atoms with Crippen molar-refractivity contribution < 1.29 is 4.74 Å². The van der Waals surface area contributed by atoms with Crippen LogP contribution in [0.2, 0.25) is 0 Å². The number of ether oxygens (including phenoxy) is 1. The number of nitrogens with one attached hydrogen (secondary N) is 1. The zero-order chi connectivity index (χ0) is 14.5. The summed E-state index contributed by atoms with van der Waals surface area (Å²) >= 11 is 0. The van der Waals surface area contributed by atoms with Crippen molar-refractivity contribution in [3.05, 3.63) is 24.2 Å². The van der Waals surface area contributed by atoms with Crippen molar-refractivity contribution in [1.29, 1.82) is 0 Å². The fourth-order valence-electron chi connectivity index (χ4n) is 2.98. The van der Waals surface area contributed by atoms with Crippen molar-refractivity contribution in [2.24, 2.45) is 0 Å². The Labute approximate surface area is 125 Å². The summed E-state index contributed by atoms with van der Waals surface area (Å²) in [7, 11) is 0. The predicted molar refractivity (Wildman–Crippen MR) is 83.7 cm³/mol. The van der Waals surface area contributed by atoms with Crippen LogP contribution in [0.5, 0.6) is 0 Å². The minimum atomic E-state index is 0.454. The van der Waals surface area contributed by atoms with Crippen molar-refractivity contribution in [2.45, 2.75) is 51.6 Å². The van der Waals surface area contributed by atoms with Crippen LogP contribution in [0.25, 0.3) is 5.52 Å². The lowest BCUT2D eigenvalue weighted by atomic mass is 10.1. The summed E-state index contributed by atoms with van der Waals surface area (Å²) in [5.41, 5.74) is 2.02. The van der Waals surface area contributed by atoms with Crippen molar-refractivity contribution >= 4 is 11.3 Å². The molecule has 0 amide bonds. The van der Waals surface area contributed by atoms with Gasteiger partial charge in [-0.1, -0.05) is 25.7 Å². The van der Waals surface area contributed by atoms with Crippen molar-refractivity contribution in [3.63, 3.8) is 0 Å². The highest BCUT2D eigenvalue weighted by Crippen LogP contribution is 2.20. The van der Waals surface area contributed by atoms with Crippen LogP contribution in [0.4, 0.5) is 5.82 Å². The molecule has 0 aromatic carbocycles. The zero-order valence-corrected chi connectivity index (χ0v) is 12.7. The van der Waals surface area contributed by atoms with E-state index in [0.29, 0.717) is 6.10 Å². The summed E-state index contributed by atoms with van der Waals surface area (Å²) in [5, 5.41) is 7.75. The maximum atomic E-state index is 5.99. The third-order valence-corrected chi connectivity index (χ3v) is 4.06. The van der Waals surface area contributed by atoms with Crippen LogP contribution < -0.4 is 5.32 Å². The number of hydrogen-bond donors (Lipinski definition) is 1. The lowest BCUT2D eigenvalue weighted by molar-refractivity contribution is 0.0501. The number of rotatable bonds is 5. The van der Waals surface area contributed by atoms with Gasteiger partial charge in [-0.25, -0.2) is 9.50 Å². The third kappa shape index (κ3) is 3.73. The van der Waals surface area contributed by atoms with Gasteiger partial charge < -0.3 is 10.1 Å². The number of hydrogen-bond acceptors (Lipinski definition) is 4. The first-order valence-electron chi connectivity index (χ1n) is 7.99. The van der Waals surface area contributed by atoms with Gasteiger partial charge in [-0.05, 0) is 25.8 Å². The van der Waals surface area contributed by atoms with Crippen LogP contribution in [0.1, 0.15) is 44.2 Å². The quantitative estimate of drug-likeness (QED) is 0.678. The summed E-state index contributed by atoms with van der Waals surface area (Å²) in [4.78, 5) is 4.39. The number of fused-ring (bicyclic) bond motifs is 1. The molecule has 5 nitrogen and oxygen atoms in total. The molecule has 2 aromatic heterocycles. The molecule has 0 bridgehead atoms. The van der Waals surface area contributed by atoms with E-state index in [1.54, 1.807) is 6.20 Å². The first-order chi connectivity index (χ1) is 10.3. The Balaban J connectivity index is 1.50. The molecule has 1 aliphatic carbocycles. The van der Waals surface area contributed by atoms with E-state index in [2.05, 4.69) is 15.4 Å². The topological polar surface area (TPSA) is 51.5 Å². The zero-order valence-electron chi connectivity index (χ0n) is 12.7. The monoisotopic (exact) mass is 288 g/mol. The first kappa shape index (κ1) is 14.3. The molecule has 5 heteroatoms. The maximum Gasteiger partial charge on any atom is 0.152 e. The van der Waals surface area contributed by atoms with Gasteiger partial charge in [-0.15, -0.1) is 0 Å². The van der Waals surface area contributed by atoms with Gasteiger partial charge in [0.05, 0.1) is 18.4 Å². The summed E-state index contributed by atoms with van der Waals surface area (Å²) in [6.07, 6.45) is 11.9. The van der Waals surface area contributed by atoms with Gasteiger partial charge in [0.2, 0.25) is 0 Å². The number of aromatic nitrogens is 3. The van der Waals surface area contributed by atoms with E-state index in [1.807, 2.05) is 23.7 Å². The average Bonchev–Trinajstić information content (AvgIpc) is 2.70. The van der Waals surface area contributed by atoms with Gasteiger partial charge in [-0.3, -0.25) is 0 Å². The molecule has 2 aromatic rings. The Kier molecular flexibility index (Phi) is 4.70. The van der Waals surface area contributed by atoms with Crippen molar-refractivity contribution in [1.82, 2.24) is 14.6 Å². The molecule has 1 aliphatic rings. The summed E-state index contributed by atoms with van der Waals surface area (Å²) < 4.78 is 7.85. The summed E-state index contributed by atoms with van der Waals surface area (Å²) in [5.74, 6) is 0.877. The standard InChI is InChI=1S/C16H24N4O/c1-13-12-15-16(17-8-10-20(15)19-13)18-9-11-21-14-6-4-2-3-5-7-14/h8,10,12,14H,2-7,9,11H2,1H3,(H,17,18). The molecule has 3 rings (SSSR count). The Bertz CT molecular complexity index is 573. The van der Waals surface area contributed by atoms with Gasteiger partial charge in [0.1, 0.15) is 5.52 Å². The fourth-order valence-corrected chi connectivity index (χ4v) is 2.98. The fraction of sp³-hybridized carbons (Fsp3) is 0.625. The molecule has 0 aliphatic heterocycles.